The van der Waals surface area contributed by atoms with Crippen LogP contribution in [0.15, 0.2) is 117 Å². The molecule has 0 spiro atoms. The molecule has 0 unspecified atom stereocenters. The zero-order valence-electron chi connectivity index (χ0n) is 25.5. The van der Waals surface area contributed by atoms with Crippen molar-refractivity contribution in [2.45, 2.75) is 19.5 Å². The summed E-state index contributed by atoms with van der Waals surface area (Å²) in [7, 11) is 0. The van der Waals surface area contributed by atoms with Crippen molar-refractivity contribution in [3.8, 4) is 11.5 Å². The monoisotopic (exact) mass is 719 g/mol. The van der Waals surface area contributed by atoms with Crippen molar-refractivity contribution in [3.63, 3.8) is 0 Å². The third-order valence-corrected chi connectivity index (χ3v) is 10.00. The number of nitrogens with zero attached hydrogens (tertiary/aromatic N) is 3. The zero-order chi connectivity index (χ0) is 32.9. The van der Waals surface area contributed by atoms with Crippen molar-refractivity contribution >= 4 is 56.1 Å². The first-order valence-electron chi connectivity index (χ1n) is 15.3. The van der Waals surface area contributed by atoms with Gasteiger partial charge in [0.15, 0.2) is 16.3 Å². The molecule has 0 bridgehead atoms. The van der Waals surface area contributed by atoms with Crippen LogP contribution in [0.4, 0.5) is 5.69 Å². The highest BCUT2D eigenvalue weighted by Crippen LogP contribution is 2.41. The second kappa shape index (κ2) is 12.1. The Hall–Kier alpha value is -5.26. The molecule has 0 saturated carbocycles. The first-order valence-corrected chi connectivity index (χ1v) is 16.9. The normalized spacial score (nSPS) is 17.2. The number of carbonyl (C=O) groups excluding carboxylic acids is 2. The molecule has 4 aromatic carbocycles. The fraction of sp³-hybridized carbons (Fsp3) is 0.135. The van der Waals surface area contributed by atoms with E-state index in [0.717, 1.165) is 21.4 Å². The number of thiazole rings is 1. The lowest BCUT2D eigenvalue weighted by Gasteiger charge is -2.26. The van der Waals surface area contributed by atoms with E-state index in [1.165, 1.54) is 4.57 Å². The smallest absolute Gasteiger partial charge is 0.338 e. The van der Waals surface area contributed by atoms with E-state index in [9.17, 15) is 14.4 Å². The third-order valence-electron chi connectivity index (χ3n) is 8.45. The van der Waals surface area contributed by atoms with E-state index in [4.69, 9.17) is 19.2 Å². The van der Waals surface area contributed by atoms with Crippen LogP contribution in [0.5, 0.6) is 11.5 Å². The Morgan fingerprint density at radius 2 is 1.71 bits per heavy atom. The van der Waals surface area contributed by atoms with Gasteiger partial charge in [-0.2, -0.15) is 0 Å². The Bertz CT molecular complexity index is 2350. The molecule has 0 N–H and O–H groups in total. The summed E-state index contributed by atoms with van der Waals surface area (Å²) in [6, 6.07) is 29.1. The Balaban J connectivity index is 1.41. The molecule has 1 aromatic heterocycles. The SMILES string of the molecule is CCOC(=O)C1=C(c2ccccc2)N=c2s/c(=C3\C(=O)N(Cc4ccccc4)c4ccc(Br)cc43)c(=O)n2[C@H]1c1ccc2c(c1)OCO2. The molecule has 48 heavy (non-hydrogen) atoms. The molecule has 1 amide bonds. The number of carbonyl (C=O) groups is 2. The Kier molecular flexibility index (Phi) is 7.57. The molecule has 4 heterocycles. The number of amides is 1. The maximum atomic E-state index is 14.8. The molecule has 1 atom stereocenters. The summed E-state index contributed by atoms with van der Waals surface area (Å²) < 4.78 is 19.3. The fourth-order valence-electron chi connectivity index (χ4n) is 6.34. The molecule has 0 radical (unpaired) electrons. The van der Waals surface area contributed by atoms with Crippen molar-refractivity contribution in [1.82, 2.24) is 4.57 Å². The number of fused-ring (bicyclic) bond motifs is 3. The third kappa shape index (κ3) is 4.97. The van der Waals surface area contributed by atoms with E-state index in [1.54, 1.807) is 30.0 Å². The van der Waals surface area contributed by atoms with Gasteiger partial charge in [0.05, 0.1) is 41.7 Å². The zero-order valence-corrected chi connectivity index (χ0v) is 27.9. The van der Waals surface area contributed by atoms with Crippen LogP contribution in [0, 0.1) is 0 Å². The maximum Gasteiger partial charge on any atom is 0.338 e. The Morgan fingerprint density at radius 1 is 0.958 bits per heavy atom. The van der Waals surface area contributed by atoms with Crippen LogP contribution in [0.2, 0.25) is 0 Å². The van der Waals surface area contributed by atoms with Crippen molar-refractivity contribution in [1.29, 1.82) is 0 Å². The van der Waals surface area contributed by atoms with Gasteiger partial charge in [0.2, 0.25) is 6.79 Å². The molecule has 9 nitrogen and oxygen atoms in total. The van der Waals surface area contributed by atoms with Gasteiger partial charge in [0.25, 0.3) is 11.5 Å². The molecule has 3 aliphatic heterocycles. The lowest BCUT2D eigenvalue weighted by molar-refractivity contribution is -0.138. The highest BCUT2D eigenvalue weighted by Gasteiger charge is 2.39. The van der Waals surface area contributed by atoms with E-state index < -0.39 is 17.6 Å². The molecule has 0 saturated heterocycles. The van der Waals surface area contributed by atoms with Gasteiger partial charge in [0.1, 0.15) is 4.53 Å². The number of hydrogen-bond donors (Lipinski definition) is 0. The van der Waals surface area contributed by atoms with E-state index in [2.05, 4.69) is 15.9 Å². The largest absolute Gasteiger partial charge is 0.463 e. The van der Waals surface area contributed by atoms with Crippen molar-refractivity contribution in [3.05, 3.63) is 149 Å². The summed E-state index contributed by atoms with van der Waals surface area (Å²) in [6.45, 7) is 2.26. The van der Waals surface area contributed by atoms with Crippen LogP contribution in [-0.4, -0.2) is 29.8 Å². The highest BCUT2D eigenvalue weighted by molar-refractivity contribution is 9.10. The summed E-state index contributed by atoms with van der Waals surface area (Å²) >= 11 is 4.69. The number of benzene rings is 4. The van der Waals surface area contributed by atoms with Crippen LogP contribution in [0.25, 0.3) is 11.3 Å². The topological polar surface area (TPSA) is 99.4 Å². The molecule has 5 aromatic rings. The van der Waals surface area contributed by atoms with Crippen LogP contribution < -0.4 is 29.3 Å². The number of halogens is 1. The molecule has 0 fully saturated rings. The summed E-state index contributed by atoms with van der Waals surface area (Å²) in [5.41, 5.74) is 4.04. The summed E-state index contributed by atoms with van der Waals surface area (Å²) in [5.74, 6) is 0.182. The minimum absolute atomic E-state index is 0.0668. The minimum atomic E-state index is -0.932. The second-order valence-electron chi connectivity index (χ2n) is 11.3. The molecule has 238 valence electrons. The van der Waals surface area contributed by atoms with E-state index in [1.807, 2.05) is 78.9 Å². The fourth-order valence-corrected chi connectivity index (χ4v) is 7.79. The van der Waals surface area contributed by atoms with Crippen LogP contribution in [0.1, 0.15) is 35.2 Å². The predicted molar refractivity (Wildman–Crippen MR) is 184 cm³/mol. The number of aromatic nitrogens is 1. The Morgan fingerprint density at radius 3 is 2.48 bits per heavy atom. The van der Waals surface area contributed by atoms with Gasteiger partial charge in [-0.25, -0.2) is 9.79 Å². The average Bonchev–Trinajstić information content (AvgIpc) is 3.78. The first-order chi connectivity index (χ1) is 23.4. The Labute approximate surface area is 286 Å². The van der Waals surface area contributed by atoms with Crippen LogP contribution in [0.3, 0.4) is 0 Å². The minimum Gasteiger partial charge on any atom is -0.463 e. The molecular weight excluding hydrogens is 694 g/mol. The summed E-state index contributed by atoms with van der Waals surface area (Å²) in [6.07, 6.45) is 0. The number of esters is 1. The molecule has 8 rings (SSSR count). The first kappa shape index (κ1) is 30.1. The van der Waals surface area contributed by atoms with Crippen LogP contribution in [-0.2, 0) is 20.9 Å². The number of ether oxygens (including phenoxy) is 3. The molecular formula is C37H26BrN3O6S. The van der Waals surface area contributed by atoms with Crippen molar-refractivity contribution in [2.24, 2.45) is 4.99 Å². The number of rotatable bonds is 6. The van der Waals surface area contributed by atoms with Gasteiger partial charge in [0, 0.05) is 15.6 Å². The standard InChI is InChI=1S/C37H26BrN3O6S/c1-2-45-36(44)30-31(22-11-7-4-8-12-22)39-37-41(32(30)23-13-16-27-28(17-23)47-20-46-27)35(43)33(48-37)29-25-18-24(38)14-15-26(25)40(34(29)42)19-21-9-5-3-6-10-21/h3-18,32H,2,19-20H2,1H3/b33-29-/t32-/m0/s1. The van der Waals surface area contributed by atoms with Gasteiger partial charge in [-0.3, -0.25) is 14.2 Å². The van der Waals surface area contributed by atoms with E-state index >= 15 is 0 Å². The van der Waals surface area contributed by atoms with Gasteiger partial charge in [-0.1, -0.05) is 94.0 Å². The predicted octanol–water partition coefficient (Wildman–Crippen LogP) is 5.34. The summed E-state index contributed by atoms with van der Waals surface area (Å²) in [5, 5.41) is 0. The highest BCUT2D eigenvalue weighted by atomic mass is 79.9. The van der Waals surface area contributed by atoms with Gasteiger partial charge >= 0.3 is 5.97 Å². The molecule has 3 aliphatic rings. The van der Waals surface area contributed by atoms with Crippen molar-refractivity contribution < 1.29 is 23.8 Å². The average molecular weight is 721 g/mol. The molecule has 0 aliphatic carbocycles. The quantitative estimate of drug-likeness (QED) is 0.220. The summed E-state index contributed by atoms with van der Waals surface area (Å²) in [4.78, 5) is 50.0. The lowest BCUT2D eigenvalue weighted by atomic mass is 9.93. The number of hydrogen-bond acceptors (Lipinski definition) is 8. The van der Waals surface area contributed by atoms with E-state index in [-0.39, 0.29) is 35.0 Å². The number of anilines is 1. The molecule has 11 heteroatoms. The van der Waals surface area contributed by atoms with Gasteiger partial charge in [-0.15, -0.1) is 0 Å². The maximum absolute atomic E-state index is 14.8. The van der Waals surface area contributed by atoms with Crippen molar-refractivity contribution in [2.75, 3.05) is 18.3 Å². The van der Waals surface area contributed by atoms with Gasteiger partial charge < -0.3 is 19.1 Å². The van der Waals surface area contributed by atoms with E-state index in [0.29, 0.717) is 50.9 Å². The van der Waals surface area contributed by atoms with Crippen LogP contribution >= 0.6 is 27.3 Å². The lowest BCUT2D eigenvalue weighted by Crippen LogP contribution is -2.41. The second-order valence-corrected chi connectivity index (χ2v) is 13.2. The van der Waals surface area contributed by atoms with Gasteiger partial charge in [-0.05, 0) is 48.4 Å².